The van der Waals surface area contributed by atoms with Crippen LogP contribution in [0, 0.1) is 0 Å². The summed E-state index contributed by atoms with van der Waals surface area (Å²) in [6, 6.07) is 11.2. The van der Waals surface area contributed by atoms with Crippen LogP contribution in [-0.2, 0) is 19.5 Å². The molecular weight excluding hydrogens is 503 g/mol. The van der Waals surface area contributed by atoms with Crippen molar-refractivity contribution in [1.82, 2.24) is 25.2 Å². The van der Waals surface area contributed by atoms with E-state index < -0.39 is 0 Å². The van der Waals surface area contributed by atoms with E-state index in [4.69, 9.17) is 9.52 Å². The summed E-state index contributed by atoms with van der Waals surface area (Å²) >= 11 is 0. The molecule has 1 aromatic heterocycles. The summed E-state index contributed by atoms with van der Waals surface area (Å²) in [6.07, 6.45) is 2.78. The summed E-state index contributed by atoms with van der Waals surface area (Å²) in [5.41, 5.74) is 3.97. The Labute approximate surface area is 202 Å². The third-order valence-corrected chi connectivity index (χ3v) is 6.17. The lowest BCUT2D eigenvalue weighted by Gasteiger charge is -2.37. The van der Waals surface area contributed by atoms with Gasteiger partial charge in [-0.15, -0.1) is 24.0 Å². The second kappa shape index (κ2) is 11.8. The molecule has 1 aromatic carbocycles. The van der Waals surface area contributed by atoms with Crippen LogP contribution in [-0.4, -0.2) is 77.7 Å². The fourth-order valence-corrected chi connectivity index (χ4v) is 4.32. The van der Waals surface area contributed by atoms with Crippen LogP contribution in [0.4, 0.5) is 0 Å². The fraction of sp³-hybridized carbons (Fsp3) is 0.565. The van der Waals surface area contributed by atoms with E-state index in [9.17, 15) is 0 Å². The molecule has 1 saturated heterocycles. The number of guanidine groups is 1. The Morgan fingerprint density at radius 2 is 1.90 bits per heavy atom. The fourth-order valence-electron chi connectivity index (χ4n) is 4.32. The van der Waals surface area contributed by atoms with E-state index in [1.165, 1.54) is 11.1 Å². The van der Waals surface area contributed by atoms with Crippen molar-refractivity contribution >= 4 is 29.9 Å². The van der Waals surface area contributed by atoms with E-state index in [1.807, 2.05) is 6.07 Å². The summed E-state index contributed by atoms with van der Waals surface area (Å²) in [6.45, 7) is 13.1. The number of aliphatic imine (C=N–C) groups is 1. The molecule has 0 spiro atoms. The summed E-state index contributed by atoms with van der Waals surface area (Å²) < 4.78 is 4.95. The molecule has 2 aromatic rings. The minimum absolute atomic E-state index is 0. The zero-order valence-corrected chi connectivity index (χ0v) is 21.0. The van der Waals surface area contributed by atoms with Gasteiger partial charge in [-0.3, -0.25) is 14.8 Å². The van der Waals surface area contributed by atoms with Crippen LogP contribution >= 0.6 is 24.0 Å². The average Bonchev–Trinajstić information content (AvgIpc) is 3.30. The van der Waals surface area contributed by atoms with Crippen molar-refractivity contribution < 1.29 is 4.52 Å². The molecule has 170 valence electrons. The molecule has 0 bridgehead atoms. The van der Waals surface area contributed by atoms with Gasteiger partial charge >= 0.3 is 0 Å². The molecule has 1 fully saturated rings. The van der Waals surface area contributed by atoms with Gasteiger partial charge < -0.3 is 14.7 Å². The van der Waals surface area contributed by atoms with Crippen molar-refractivity contribution in [3.63, 3.8) is 0 Å². The van der Waals surface area contributed by atoms with Gasteiger partial charge in [0.25, 0.3) is 0 Å². The van der Waals surface area contributed by atoms with Crippen molar-refractivity contribution in [3.05, 3.63) is 53.4 Å². The molecule has 8 heteroatoms. The number of rotatable bonds is 6. The van der Waals surface area contributed by atoms with Crippen LogP contribution in [0.15, 0.2) is 46.1 Å². The van der Waals surface area contributed by atoms with Crippen molar-refractivity contribution in [2.45, 2.75) is 39.4 Å². The SMILES string of the molecule is CCNC(=NCC(C)N1CCc2ccccc2C1)N1CCN(Cc2ccon2)CC1.I. The van der Waals surface area contributed by atoms with Crippen molar-refractivity contribution in [2.75, 3.05) is 45.8 Å². The summed E-state index contributed by atoms with van der Waals surface area (Å²) in [4.78, 5) is 12.4. The largest absolute Gasteiger partial charge is 0.364 e. The lowest BCUT2D eigenvalue weighted by molar-refractivity contribution is 0.167. The van der Waals surface area contributed by atoms with E-state index in [2.05, 4.69) is 63.3 Å². The molecule has 0 saturated carbocycles. The predicted molar refractivity (Wildman–Crippen MR) is 135 cm³/mol. The molecule has 3 heterocycles. The Morgan fingerprint density at radius 1 is 1.13 bits per heavy atom. The molecule has 7 nitrogen and oxygen atoms in total. The normalized spacial score (nSPS) is 18.9. The highest BCUT2D eigenvalue weighted by Gasteiger charge is 2.22. The Morgan fingerprint density at radius 3 is 2.61 bits per heavy atom. The Hall–Kier alpha value is -1.65. The number of hydrogen-bond donors (Lipinski definition) is 1. The number of nitrogens with zero attached hydrogens (tertiary/aromatic N) is 5. The van der Waals surface area contributed by atoms with Crippen LogP contribution in [0.5, 0.6) is 0 Å². The van der Waals surface area contributed by atoms with Crippen molar-refractivity contribution in [1.29, 1.82) is 0 Å². The molecule has 0 radical (unpaired) electrons. The quantitative estimate of drug-likeness (QED) is 0.347. The topological polar surface area (TPSA) is 60.1 Å². The predicted octanol–water partition coefficient (Wildman–Crippen LogP) is 2.82. The Balaban J connectivity index is 0.00000272. The number of aromatic nitrogens is 1. The second-order valence-corrected chi connectivity index (χ2v) is 8.29. The van der Waals surface area contributed by atoms with E-state index in [0.717, 1.165) is 77.0 Å². The van der Waals surface area contributed by atoms with E-state index in [0.29, 0.717) is 6.04 Å². The lowest BCUT2D eigenvalue weighted by Crippen LogP contribution is -2.52. The van der Waals surface area contributed by atoms with Crippen LogP contribution in [0.2, 0.25) is 0 Å². The van der Waals surface area contributed by atoms with Gasteiger partial charge in [0, 0.05) is 64.5 Å². The van der Waals surface area contributed by atoms with Crippen LogP contribution < -0.4 is 5.32 Å². The molecule has 1 N–H and O–H groups in total. The standard InChI is InChI=1S/C23H34N6O.HI/c1-3-24-23(28-13-11-27(12-14-28)18-22-9-15-30-26-22)25-16-19(2)29-10-8-20-6-4-5-7-21(20)17-29;/h4-7,9,15,19H,3,8,10-14,16-18H2,1-2H3,(H,24,25);1H. The highest BCUT2D eigenvalue weighted by Crippen LogP contribution is 2.20. The zero-order chi connectivity index (χ0) is 20.8. The average molecular weight is 538 g/mol. The summed E-state index contributed by atoms with van der Waals surface area (Å²) in [5, 5.41) is 7.53. The summed E-state index contributed by atoms with van der Waals surface area (Å²) in [7, 11) is 0. The maximum absolute atomic E-state index is 5.01. The van der Waals surface area contributed by atoms with Gasteiger partial charge in [-0.1, -0.05) is 29.4 Å². The first-order chi connectivity index (χ1) is 14.7. The van der Waals surface area contributed by atoms with Crippen LogP contribution in [0.25, 0.3) is 0 Å². The highest BCUT2D eigenvalue weighted by atomic mass is 127. The highest BCUT2D eigenvalue weighted by molar-refractivity contribution is 14.0. The van der Waals surface area contributed by atoms with E-state index in [1.54, 1.807) is 6.26 Å². The minimum Gasteiger partial charge on any atom is -0.364 e. The van der Waals surface area contributed by atoms with Gasteiger partial charge in [-0.05, 0) is 31.4 Å². The Bertz CT molecular complexity index is 819. The maximum atomic E-state index is 5.01. The van der Waals surface area contributed by atoms with Crippen molar-refractivity contribution in [3.8, 4) is 0 Å². The van der Waals surface area contributed by atoms with Crippen LogP contribution in [0.3, 0.4) is 0 Å². The first-order valence-electron chi connectivity index (χ1n) is 11.2. The molecule has 1 unspecified atom stereocenters. The molecule has 2 aliphatic rings. The van der Waals surface area contributed by atoms with E-state index >= 15 is 0 Å². The summed E-state index contributed by atoms with van der Waals surface area (Å²) in [5.74, 6) is 1.04. The number of piperazine rings is 1. The van der Waals surface area contributed by atoms with E-state index in [-0.39, 0.29) is 24.0 Å². The first-order valence-corrected chi connectivity index (χ1v) is 11.2. The van der Waals surface area contributed by atoms with Gasteiger partial charge in [-0.2, -0.15) is 0 Å². The second-order valence-electron chi connectivity index (χ2n) is 8.29. The molecule has 0 aliphatic carbocycles. The molecule has 1 atom stereocenters. The zero-order valence-electron chi connectivity index (χ0n) is 18.7. The van der Waals surface area contributed by atoms with Gasteiger partial charge in [0.2, 0.25) is 0 Å². The number of benzene rings is 1. The number of hydrogen-bond acceptors (Lipinski definition) is 5. The van der Waals surface area contributed by atoms with Gasteiger partial charge in [0.1, 0.15) is 6.26 Å². The molecular formula is C23H35IN6O. The third kappa shape index (κ3) is 6.43. The van der Waals surface area contributed by atoms with Gasteiger partial charge in [-0.25, -0.2) is 0 Å². The first kappa shape index (κ1) is 24.0. The maximum Gasteiger partial charge on any atom is 0.194 e. The lowest BCUT2D eigenvalue weighted by atomic mass is 9.99. The monoisotopic (exact) mass is 538 g/mol. The molecule has 2 aliphatic heterocycles. The van der Waals surface area contributed by atoms with Crippen LogP contribution in [0.1, 0.15) is 30.7 Å². The third-order valence-electron chi connectivity index (χ3n) is 6.17. The molecule has 4 rings (SSSR count). The molecule has 0 amide bonds. The number of nitrogens with one attached hydrogen (secondary N) is 1. The number of halogens is 1. The van der Waals surface area contributed by atoms with Gasteiger partial charge in [0.05, 0.1) is 12.2 Å². The number of fused-ring (bicyclic) bond motifs is 1. The Kier molecular flexibility index (Phi) is 9.15. The van der Waals surface area contributed by atoms with Crippen molar-refractivity contribution in [2.24, 2.45) is 4.99 Å². The minimum atomic E-state index is 0. The molecule has 31 heavy (non-hydrogen) atoms. The smallest absolute Gasteiger partial charge is 0.194 e. The van der Waals surface area contributed by atoms with Gasteiger partial charge in [0.15, 0.2) is 5.96 Å².